The zero-order valence-electron chi connectivity index (χ0n) is 11.4. The van der Waals surface area contributed by atoms with Crippen LogP contribution in [0.25, 0.3) is 0 Å². The third-order valence-electron chi connectivity index (χ3n) is 2.97. The first-order valence-corrected chi connectivity index (χ1v) is 7.47. The SMILES string of the molecule is O=C(O)CC(NC(=O)CCc1nccs1)c1ccccc1. The molecular formula is C15H16N2O3S. The van der Waals surface area contributed by atoms with Gasteiger partial charge in [-0.05, 0) is 5.56 Å². The molecule has 1 aromatic carbocycles. The maximum Gasteiger partial charge on any atom is 0.305 e. The van der Waals surface area contributed by atoms with Crippen LogP contribution in [-0.2, 0) is 16.0 Å². The first-order valence-electron chi connectivity index (χ1n) is 6.59. The summed E-state index contributed by atoms with van der Waals surface area (Å²) in [4.78, 5) is 27.0. The second-order valence-electron chi connectivity index (χ2n) is 4.55. The van der Waals surface area contributed by atoms with Crippen molar-refractivity contribution in [2.45, 2.75) is 25.3 Å². The van der Waals surface area contributed by atoms with Crippen molar-refractivity contribution in [1.29, 1.82) is 0 Å². The van der Waals surface area contributed by atoms with Gasteiger partial charge in [0.1, 0.15) is 0 Å². The number of carboxylic acids is 1. The first-order chi connectivity index (χ1) is 10.1. The van der Waals surface area contributed by atoms with E-state index in [-0.39, 0.29) is 12.3 Å². The van der Waals surface area contributed by atoms with E-state index in [0.29, 0.717) is 12.8 Å². The van der Waals surface area contributed by atoms with Crippen LogP contribution in [0.15, 0.2) is 41.9 Å². The predicted octanol–water partition coefficient (Wildman–Crippen LogP) is 2.41. The van der Waals surface area contributed by atoms with Crippen molar-refractivity contribution in [3.63, 3.8) is 0 Å². The highest BCUT2D eigenvalue weighted by Gasteiger charge is 2.17. The number of hydrogen-bond donors (Lipinski definition) is 2. The number of carboxylic acid groups (broad SMARTS) is 1. The molecule has 0 spiro atoms. The fraction of sp³-hybridized carbons (Fsp3) is 0.267. The molecule has 0 aliphatic rings. The molecule has 21 heavy (non-hydrogen) atoms. The summed E-state index contributed by atoms with van der Waals surface area (Å²) in [6, 6.07) is 8.62. The molecule has 0 radical (unpaired) electrons. The van der Waals surface area contributed by atoms with Crippen molar-refractivity contribution in [2.75, 3.05) is 0 Å². The largest absolute Gasteiger partial charge is 0.481 e. The number of benzene rings is 1. The monoisotopic (exact) mass is 304 g/mol. The van der Waals surface area contributed by atoms with Gasteiger partial charge in [-0.3, -0.25) is 9.59 Å². The molecular weight excluding hydrogens is 288 g/mol. The van der Waals surface area contributed by atoms with Gasteiger partial charge in [0.15, 0.2) is 0 Å². The Morgan fingerprint density at radius 1 is 1.29 bits per heavy atom. The highest BCUT2D eigenvalue weighted by molar-refractivity contribution is 7.09. The van der Waals surface area contributed by atoms with Gasteiger partial charge >= 0.3 is 5.97 Å². The lowest BCUT2D eigenvalue weighted by Crippen LogP contribution is -2.30. The average Bonchev–Trinajstić information content (AvgIpc) is 2.98. The van der Waals surface area contributed by atoms with Gasteiger partial charge in [-0.2, -0.15) is 0 Å². The molecule has 0 bridgehead atoms. The Labute approximate surface area is 126 Å². The van der Waals surface area contributed by atoms with Crippen molar-refractivity contribution >= 4 is 23.2 Å². The van der Waals surface area contributed by atoms with E-state index in [4.69, 9.17) is 5.11 Å². The second-order valence-corrected chi connectivity index (χ2v) is 5.53. The summed E-state index contributed by atoms with van der Waals surface area (Å²) < 4.78 is 0. The Hall–Kier alpha value is -2.21. The molecule has 0 saturated carbocycles. The van der Waals surface area contributed by atoms with E-state index in [2.05, 4.69) is 10.3 Å². The number of nitrogens with zero attached hydrogens (tertiary/aromatic N) is 1. The van der Waals surface area contributed by atoms with E-state index in [1.807, 2.05) is 35.7 Å². The van der Waals surface area contributed by atoms with Crippen LogP contribution in [0.3, 0.4) is 0 Å². The number of rotatable bonds is 7. The molecule has 1 unspecified atom stereocenters. The summed E-state index contributed by atoms with van der Waals surface area (Å²) in [7, 11) is 0. The smallest absolute Gasteiger partial charge is 0.305 e. The molecule has 0 fully saturated rings. The number of aromatic nitrogens is 1. The van der Waals surface area contributed by atoms with Gasteiger partial charge in [0.25, 0.3) is 0 Å². The average molecular weight is 304 g/mol. The topological polar surface area (TPSA) is 79.3 Å². The lowest BCUT2D eigenvalue weighted by molar-refractivity contribution is -0.137. The molecule has 1 atom stereocenters. The lowest BCUT2D eigenvalue weighted by atomic mass is 10.0. The van der Waals surface area contributed by atoms with Gasteiger partial charge in [-0.25, -0.2) is 4.98 Å². The number of amides is 1. The predicted molar refractivity (Wildman–Crippen MR) is 80.0 cm³/mol. The first kappa shape index (κ1) is 15.2. The van der Waals surface area contributed by atoms with E-state index in [9.17, 15) is 9.59 Å². The van der Waals surface area contributed by atoms with Gasteiger partial charge in [-0.1, -0.05) is 30.3 Å². The normalized spacial score (nSPS) is 11.8. The minimum atomic E-state index is -0.941. The molecule has 2 N–H and O–H groups in total. The Bertz CT molecular complexity index is 584. The number of carbonyl (C=O) groups excluding carboxylic acids is 1. The highest BCUT2D eigenvalue weighted by atomic mass is 32.1. The van der Waals surface area contributed by atoms with Gasteiger partial charge in [-0.15, -0.1) is 11.3 Å². The Balaban J connectivity index is 1.94. The minimum absolute atomic E-state index is 0.132. The van der Waals surface area contributed by atoms with Crippen LogP contribution in [-0.4, -0.2) is 22.0 Å². The second kappa shape index (κ2) is 7.54. The number of nitrogens with one attached hydrogen (secondary N) is 1. The molecule has 2 aromatic rings. The number of carbonyl (C=O) groups is 2. The van der Waals surface area contributed by atoms with Gasteiger partial charge < -0.3 is 10.4 Å². The van der Waals surface area contributed by atoms with Crippen molar-refractivity contribution in [1.82, 2.24) is 10.3 Å². The molecule has 1 aromatic heterocycles. The number of aryl methyl sites for hydroxylation is 1. The molecule has 0 aliphatic carbocycles. The lowest BCUT2D eigenvalue weighted by Gasteiger charge is -2.17. The molecule has 0 saturated heterocycles. The molecule has 6 heteroatoms. The zero-order valence-corrected chi connectivity index (χ0v) is 12.2. The maximum atomic E-state index is 12.0. The van der Waals surface area contributed by atoms with Crippen molar-refractivity contribution in [2.24, 2.45) is 0 Å². The van der Waals surface area contributed by atoms with Crippen LogP contribution < -0.4 is 5.32 Å². The minimum Gasteiger partial charge on any atom is -0.481 e. The number of thiazole rings is 1. The Kier molecular flexibility index (Phi) is 5.45. The van der Waals surface area contributed by atoms with Gasteiger partial charge in [0, 0.05) is 24.4 Å². The Morgan fingerprint density at radius 2 is 2.05 bits per heavy atom. The zero-order chi connectivity index (χ0) is 15.1. The van der Waals surface area contributed by atoms with E-state index in [0.717, 1.165) is 10.6 Å². The van der Waals surface area contributed by atoms with Crippen LogP contribution in [0.2, 0.25) is 0 Å². The number of hydrogen-bond acceptors (Lipinski definition) is 4. The van der Waals surface area contributed by atoms with Crippen LogP contribution >= 0.6 is 11.3 Å². The van der Waals surface area contributed by atoms with Crippen LogP contribution in [0.1, 0.15) is 29.5 Å². The fourth-order valence-electron chi connectivity index (χ4n) is 1.98. The maximum absolute atomic E-state index is 12.0. The highest BCUT2D eigenvalue weighted by Crippen LogP contribution is 2.17. The van der Waals surface area contributed by atoms with Crippen LogP contribution in [0.4, 0.5) is 0 Å². The summed E-state index contributed by atoms with van der Waals surface area (Å²) in [6.07, 6.45) is 2.44. The van der Waals surface area contributed by atoms with Crippen molar-refractivity contribution in [3.05, 3.63) is 52.5 Å². The molecule has 1 amide bonds. The summed E-state index contributed by atoms with van der Waals surface area (Å²) in [5, 5.41) is 14.5. The van der Waals surface area contributed by atoms with E-state index < -0.39 is 12.0 Å². The summed E-state index contributed by atoms with van der Waals surface area (Å²) >= 11 is 1.51. The number of aliphatic carboxylic acids is 1. The van der Waals surface area contributed by atoms with Gasteiger partial charge in [0.2, 0.25) is 5.91 Å². The molecule has 1 heterocycles. The summed E-state index contributed by atoms with van der Waals surface area (Å²) in [6.45, 7) is 0. The third-order valence-corrected chi connectivity index (χ3v) is 3.80. The molecule has 110 valence electrons. The molecule has 5 nitrogen and oxygen atoms in total. The molecule has 2 rings (SSSR count). The fourth-order valence-corrected chi connectivity index (χ4v) is 2.60. The third kappa shape index (κ3) is 5.00. The summed E-state index contributed by atoms with van der Waals surface area (Å²) in [5.74, 6) is -1.11. The van der Waals surface area contributed by atoms with Crippen molar-refractivity contribution < 1.29 is 14.7 Å². The Morgan fingerprint density at radius 3 is 2.67 bits per heavy atom. The van der Waals surface area contributed by atoms with Crippen molar-refractivity contribution in [3.8, 4) is 0 Å². The van der Waals surface area contributed by atoms with E-state index in [1.165, 1.54) is 11.3 Å². The quantitative estimate of drug-likeness (QED) is 0.823. The molecule has 0 aliphatic heterocycles. The van der Waals surface area contributed by atoms with Crippen LogP contribution in [0, 0.1) is 0 Å². The van der Waals surface area contributed by atoms with E-state index >= 15 is 0 Å². The van der Waals surface area contributed by atoms with Crippen LogP contribution in [0.5, 0.6) is 0 Å². The van der Waals surface area contributed by atoms with Gasteiger partial charge in [0.05, 0.1) is 17.5 Å². The standard InChI is InChI=1S/C15H16N2O3S/c18-13(6-7-14-16-8-9-21-14)17-12(10-15(19)20)11-4-2-1-3-5-11/h1-5,8-9,12H,6-7,10H2,(H,17,18)(H,19,20). The van der Waals surface area contributed by atoms with E-state index in [1.54, 1.807) is 6.20 Å². The summed E-state index contributed by atoms with van der Waals surface area (Å²) in [5.41, 5.74) is 0.794.